The van der Waals surface area contributed by atoms with Gasteiger partial charge in [0, 0.05) is 10.8 Å². The molecule has 2 rings (SSSR count). The van der Waals surface area contributed by atoms with Gasteiger partial charge < -0.3 is 4.74 Å². The van der Waals surface area contributed by atoms with Crippen molar-refractivity contribution in [3.8, 4) is 0 Å². The summed E-state index contributed by atoms with van der Waals surface area (Å²) in [6.07, 6.45) is 3.96. The Balaban J connectivity index is 2.21. The maximum Gasteiger partial charge on any atom is 0.134 e. The van der Waals surface area contributed by atoms with Crippen LogP contribution in [0.2, 0.25) is 0 Å². The highest BCUT2D eigenvalue weighted by atomic mass is 32.2. The summed E-state index contributed by atoms with van der Waals surface area (Å²) >= 11 is 1.72. The van der Waals surface area contributed by atoms with Crippen molar-refractivity contribution in [2.24, 2.45) is 5.92 Å². The van der Waals surface area contributed by atoms with Crippen LogP contribution in [0.3, 0.4) is 0 Å². The first-order valence-electron chi connectivity index (χ1n) is 6.18. The molecule has 0 fully saturated rings. The monoisotopic (exact) mass is 262 g/mol. The van der Waals surface area contributed by atoms with Crippen LogP contribution in [0.15, 0.2) is 47.1 Å². The smallest absolute Gasteiger partial charge is 0.134 e. The SMILES string of the molecule is COC1=CCC[C@@H](C(C)=O)[C@H]1Sc1ccccc1. The number of hydrogen-bond donors (Lipinski definition) is 0. The summed E-state index contributed by atoms with van der Waals surface area (Å²) in [7, 11) is 1.69. The summed E-state index contributed by atoms with van der Waals surface area (Å²) in [5.41, 5.74) is 0. The fraction of sp³-hybridized carbons (Fsp3) is 0.400. The van der Waals surface area contributed by atoms with Crippen LogP contribution in [0, 0.1) is 5.92 Å². The fourth-order valence-electron chi connectivity index (χ4n) is 2.27. The molecule has 0 N–H and O–H groups in total. The number of ether oxygens (including phenoxy) is 1. The predicted octanol–water partition coefficient (Wildman–Crippen LogP) is 3.68. The zero-order chi connectivity index (χ0) is 13.0. The van der Waals surface area contributed by atoms with Gasteiger partial charge in [0.25, 0.3) is 0 Å². The van der Waals surface area contributed by atoms with Crippen molar-refractivity contribution in [2.45, 2.75) is 29.9 Å². The van der Waals surface area contributed by atoms with E-state index in [1.54, 1.807) is 25.8 Å². The lowest BCUT2D eigenvalue weighted by molar-refractivity contribution is -0.121. The molecule has 1 aromatic carbocycles. The summed E-state index contributed by atoms with van der Waals surface area (Å²) in [5.74, 6) is 1.26. The van der Waals surface area contributed by atoms with Gasteiger partial charge in [-0.25, -0.2) is 0 Å². The van der Waals surface area contributed by atoms with Crippen molar-refractivity contribution in [1.29, 1.82) is 0 Å². The van der Waals surface area contributed by atoms with E-state index in [2.05, 4.69) is 18.2 Å². The third-order valence-electron chi connectivity index (χ3n) is 3.23. The Bertz CT molecular complexity index is 439. The Hall–Kier alpha value is -1.22. The van der Waals surface area contributed by atoms with Gasteiger partial charge in [-0.05, 0) is 38.0 Å². The summed E-state index contributed by atoms with van der Waals surface area (Å²) in [6, 6.07) is 10.2. The summed E-state index contributed by atoms with van der Waals surface area (Å²) < 4.78 is 5.44. The molecule has 96 valence electrons. The molecule has 18 heavy (non-hydrogen) atoms. The molecule has 2 nitrogen and oxygen atoms in total. The molecule has 1 aliphatic rings. The quantitative estimate of drug-likeness (QED) is 0.828. The van der Waals surface area contributed by atoms with E-state index in [4.69, 9.17) is 4.74 Å². The standard InChI is InChI=1S/C15H18O2S/c1-11(16)13-9-6-10-14(17-2)15(13)18-12-7-4-3-5-8-12/h3-5,7-8,10,13,15H,6,9H2,1-2H3/t13-,15+/m0/s1. The zero-order valence-corrected chi connectivity index (χ0v) is 11.6. The first-order valence-corrected chi connectivity index (χ1v) is 7.06. The molecule has 1 aliphatic carbocycles. The number of Topliss-reactive ketones (excluding diaryl/α,β-unsaturated/α-hetero) is 1. The van der Waals surface area contributed by atoms with Gasteiger partial charge in [0.2, 0.25) is 0 Å². The second-order valence-electron chi connectivity index (χ2n) is 4.46. The molecule has 0 aromatic heterocycles. The van der Waals surface area contributed by atoms with Crippen molar-refractivity contribution in [2.75, 3.05) is 7.11 Å². The lowest BCUT2D eigenvalue weighted by Crippen LogP contribution is -2.29. The van der Waals surface area contributed by atoms with E-state index in [-0.39, 0.29) is 17.0 Å². The van der Waals surface area contributed by atoms with Gasteiger partial charge >= 0.3 is 0 Å². The Morgan fingerprint density at radius 3 is 2.67 bits per heavy atom. The number of methoxy groups -OCH3 is 1. The zero-order valence-electron chi connectivity index (χ0n) is 10.8. The number of thioether (sulfide) groups is 1. The molecular formula is C15H18O2S. The molecule has 0 saturated heterocycles. The predicted molar refractivity (Wildman–Crippen MR) is 74.6 cm³/mol. The Labute approximate surface area is 112 Å². The summed E-state index contributed by atoms with van der Waals surface area (Å²) in [4.78, 5) is 12.9. The van der Waals surface area contributed by atoms with Crippen molar-refractivity contribution < 1.29 is 9.53 Å². The molecular weight excluding hydrogens is 244 g/mol. The van der Waals surface area contributed by atoms with Crippen LogP contribution in [0.1, 0.15) is 19.8 Å². The largest absolute Gasteiger partial charge is 0.500 e. The van der Waals surface area contributed by atoms with Crippen molar-refractivity contribution in [1.82, 2.24) is 0 Å². The highest BCUT2D eigenvalue weighted by molar-refractivity contribution is 8.00. The molecule has 0 saturated carbocycles. The number of benzene rings is 1. The molecule has 0 heterocycles. The number of ketones is 1. The average Bonchev–Trinajstić information content (AvgIpc) is 2.40. The topological polar surface area (TPSA) is 26.3 Å². The van der Waals surface area contributed by atoms with Crippen molar-refractivity contribution in [3.63, 3.8) is 0 Å². The summed E-state index contributed by atoms with van der Waals surface area (Å²) in [6.45, 7) is 1.68. The van der Waals surface area contributed by atoms with Crippen molar-refractivity contribution in [3.05, 3.63) is 42.2 Å². The lowest BCUT2D eigenvalue weighted by Gasteiger charge is -2.29. The maximum atomic E-state index is 11.8. The van der Waals surface area contributed by atoms with Gasteiger partial charge in [-0.3, -0.25) is 4.79 Å². The highest BCUT2D eigenvalue weighted by Gasteiger charge is 2.32. The third-order valence-corrected chi connectivity index (χ3v) is 4.59. The third kappa shape index (κ3) is 2.96. The van der Waals surface area contributed by atoms with Crippen LogP contribution in [-0.4, -0.2) is 18.1 Å². The van der Waals surface area contributed by atoms with E-state index in [1.165, 1.54) is 4.90 Å². The molecule has 0 amide bonds. The van der Waals surface area contributed by atoms with Crippen LogP contribution in [0.4, 0.5) is 0 Å². The minimum Gasteiger partial charge on any atom is -0.500 e. The van der Waals surface area contributed by atoms with Crippen LogP contribution in [-0.2, 0) is 9.53 Å². The molecule has 0 aliphatic heterocycles. The second kappa shape index (κ2) is 6.10. The Kier molecular flexibility index (Phi) is 4.48. The first-order chi connectivity index (χ1) is 8.72. The number of hydrogen-bond acceptors (Lipinski definition) is 3. The number of carbonyl (C=O) groups excluding carboxylic acids is 1. The van der Waals surface area contributed by atoms with E-state index in [0.29, 0.717) is 0 Å². The lowest BCUT2D eigenvalue weighted by atomic mass is 9.89. The van der Waals surface area contributed by atoms with Gasteiger partial charge in [-0.2, -0.15) is 0 Å². The van der Waals surface area contributed by atoms with E-state index < -0.39 is 0 Å². The maximum absolute atomic E-state index is 11.8. The number of rotatable bonds is 4. The van der Waals surface area contributed by atoms with Gasteiger partial charge in [-0.1, -0.05) is 18.2 Å². The minimum atomic E-state index is 0.0650. The van der Waals surface area contributed by atoms with Gasteiger partial charge in [-0.15, -0.1) is 11.8 Å². The Morgan fingerprint density at radius 1 is 1.33 bits per heavy atom. The molecule has 1 aromatic rings. The molecule has 0 unspecified atom stereocenters. The number of carbonyl (C=O) groups is 1. The van der Waals surface area contributed by atoms with Gasteiger partial charge in [0.1, 0.15) is 11.5 Å². The van der Waals surface area contributed by atoms with Crippen LogP contribution in [0.5, 0.6) is 0 Å². The normalized spacial score (nSPS) is 23.3. The van der Waals surface area contributed by atoms with E-state index in [1.807, 2.05) is 18.2 Å². The van der Waals surface area contributed by atoms with E-state index in [9.17, 15) is 4.79 Å². The minimum absolute atomic E-state index is 0.0650. The molecule has 0 radical (unpaired) electrons. The molecule has 3 heteroatoms. The average molecular weight is 262 g/mol. The van der Waals surface area contributed by atoms with E-state index >= 15 is 0 Å². The van der Waals surface area contributed by atoms with Gasteiger partial charge in [0.15, 0.2) is 0 Å². The van der Waals surface area contributed by atoms with Crippen LogP contribution >= 0.6 is 11.8 Å². The highest BCUT2D eigenvalue weighted by Crippen LogP contribution is 2.38. The summed E-state index contributed by atoms with van der Waals surface area (Å²) in [5, 5.41) is 0.114. The van der Waals surface area contributed by atoms with Crippen LogP contribution < -0.4 is 0 Å². The van der Waals surface area contributed by atoms with Gasteiger partial charge in [0.05, 0.1) is 12.4 Å². The Morgan fingerprint density at radius 2 is 2.06 bits per heavy atom. The molecule has 2 atom stereocenters. The van der Waals surface area contributed by atoms with Crippen LogP contribution in [0.25, 0.3) is 0 Å². The van der Waals surface area contributed by atoms with Crippen molar-refractivity contribution >= 4 is 17.5 Å². The number of allylic oxidation sites excluding steroid dienone is 1. The second-order valence-corrected chi connectivity index (χ2v) is 5.67. The fourth-order valence-corrected chi connectivity index (χ4v) is 3.68. The first kappa shape index (κ1) is 13.2. The molecule has 0 spiro atoms. The molecule has 0 bridgehead atoms. The van der Waals surface area contributed by atoms with E-state index in [0.717, 1.165) is 18.6 Å².